The summed E-state index contributed by atoms with van der Waals surface area (Å²) in [5, 5.41) is 0.639. The van der Waals surface area contributed by atoms with Gasteiger partial charge < -0.3 is 9.45 Å². The lowest BCUT2D eigenvalue weighted by Gasteiger charge is -2.25. The fourth-order valence-corrected chi connectivity index (χ4v) is 5.30. The average molecular weight is 615 g/mol. The van der Waals surface area contributed by atoms with Gasteiger partial charge in [-0.3, -0.25) is 0 Å². The van der Waals surface area contributed by atoms with E-state index in [9.17, 15) is 13.2 Å². The number of halogens is 4. The molecule has 0 aromatic heterocycles. The molecule has 42 heavy (non-hydrogen) atoms. The van der Waals surface area contributed by atoms with Gasteiger partial charge in [-0.15, -0.1) is 12.8 Å². The Balaban J connectivity index is 0.000000531. The average Bonchev–Trinajstić information content (AvgIpc) is 3.25. The topological polar surface area (TPSA) is 63.5 Å². The first-order chi connectivity index (χ1) is 19.5. The van der Waals surface area contributed by atoms with Crippen molar-refractivity contribution in [3.05, 3.63) is 94.7 Å². The molecule has 2 heterocycles. The highest BCUT2D eigenvalue weighted by Crippen LogP contribution is 2.47. The standard InChI is InChI=1S/C31H30ClN2.CHF3O3S/c1-7-21-33-26-15-11-9-13-24(26)30(3,4)28(33)19-17-23(32)18-20-29-31(5,6)25-14-10-12-16-27(25)34(29)22-8-2;2-1(3,4)8(5,6)7/h1-2,9-20H,21-22H2,3-6H3;(H,5,6,7)/q+1;/p-1. The predicted octanol–water partition coefficient (Wildman–Crippen LogP) is 6.74. The summed E-state index contributed by atoms with van der Waals surface area (Å²) in [6, 6.07) is 16.8. The van der Waals surface area contributed by atoms with E-state index in [0.717, 1.165) is 22.8 Å². The highest BCUT2D eigenvalue weighted by atomic mass is 35.5. The molecular formula is C32H30ClF3N2O3S. The van der Waals surface area contributed by atoms with Crippen molar-refractivity contribution in [2.75, 3.05) is 18.0 Å². The molecule has 2 aromatic rings. The lowest BCUT2D eigenvalue weighted by atomic mass is 9.81. The lowest BCUT2D eigenvalue weighted by Crippen LogP contribution is -2.27. The number of rotatable bonds is 5. The molecule has 0 saturated carbocycles. The van der Waals surface area contributed by atoms with E-state index in [1.54, 1.807) is 0 Å². The van der Waals surface area contributed by atoms with Gasteiger partial charge in [0, 0.05) is 39.5 Å². The van der Waals surface area contributed by atoms with Crippen LogP contribution in [0.3, 0.4) is 0 Å². The van der Waals surface area contributed by atoms with Gasteiger partial charge in [-0.1, -0.05) is 67.8 Å². The van der Waals surface area contributed by atoms with E-state index in [0.29, 0.717) is 18.1 Å². The summed E-state index contributed by atoms with van der Waals surface area (Å²) in [4.78, 5) is 2.19. The van der Waals surface area contributed by atoms with Crippen LogP contribution in [0.4, 0.5) is 24.5 Å². The molecule has 0 amide bonds. The predicted molar refractivity (Wildman–Crippen MR) is 161 cm³/mol. The van der Waals surface area contributed by atoms with Crippen LogP contribution in [0.1, 0.15) is 38.8 Å². The summed E-state index contributed by atoms with van der Waals surface area (Å²) in [5.74, 6) is 5.59. The first-order valence-corrected chi connectivity index (χ1v) is 14.5. The van der Waals surface area contributed by atoms with Crippen molar-refractivity contribution in [1.82, 2.24) is 0 Å². The number of anilines is 1. The lowest BCUT2D eigenvalue weighted by molar-refractivity contribution is -0.422. The van der Waals surface area contributed by atoms with Crippen molar-refractivity contribution in [2.24, 2.45) is 0 Å². The molecule has 0 unspecified atom stereocenters. The molecule has 0 spiro atoms. The van der Waals surface area contributed by atoms with Crippen molar-refractivity contribution in [1.29, 1.82) is 0 Å². The second-order valence-electron chi connectivity index (χ2n) is 10.6. The van der Waals surface area contributed by atoms with Crippen molar-refractivity contribution < 1.29 is 30.7 Å². The van der Waals surface area contributed by atoms with Crippen LogP contribution >= 0.6 is 11.6 Å². The van der Waals surface area contributed by atoms with Crippen molar-refractivity contribution >= 4 is 38.8 Å². The molecule has 2 aliphatic rings. The van der Waals surface area contributed by atoms with E-state index in [1.165, 1.54) is 11.1 Å². The fraction of sp³-hybridized carbons (Fsp3) is 0.281. The quantitative estimate of drug-likeness (QED) is 0.123. The number of allylic oxidation sites excluding steroid dienone is 6. The van der Waals surface area contributed by atoms with E-state index in [4.69, 9.17) is 37.4 Å². The number of terminal acetylenes is 2. The number of hydrogen-bond acceptors (Lipinski definition) is 4. The smallest absolute Gasteiger partial charge is 0.485 e. The zero-order chi connectivity index (χ0) is 31.5. The van der Waals surface area contributed by atoms with Gasteiger partial charge >= 0.3 is 5.51 Å². The minimum absolute atomic E-state index is 0.168. The van der Waals surface area contributed by atoms with Crippen LogP contribution in [0.15, 0.2) is 83.6 Å². The normalized spacial score (nSPS) is 18.3. The van der Waals surface area contributed by atoms with Gasteiger partial charge in [0.25, 0.3) is 0 Å². The first kappa shape index (κ1) is 32.8. The van der Waals surface area contributed by atoms with Crippen LogP contribution in [-0.2, 0) is 20.9 Å². The molecule has 0 fully saturated rings. The Morgan fingerprint density at radius 3 is 2.17 bits per heavy atom. The van der Waals surface area contributed by atoms with E-state index in [2.05, 4.69) is 97.6 Å². The monoisotopic (exact) mass is 614 g/mol. The van der Waals surface area contributed by atoms with Crippen molar-refractivity contribution in [3.8, 4) is 24.7 Å². The summed E-state index contributed by atoms with van der Waals surface area (Å²) in [6.07, 6.45) is 19.5. The van der Waals surface area contributed by atoms with Gasteiger partial charge in [-0.25, -0.2) is 8.42 Å². The Morgan fingerprint density at radius 1 is 1.02 bits per heavy atom. The van der Waals surface area contributed by atoms with E-state index < -0.39 is 15.6 Å². The number of fused-ring (bicyclic) bond motifs is 2. The third kappa shape index (κ3) is 6.50. The maximum absolute atomic E-state index is 10.7. The van der Waals surface area contributed by atoms with Crippen LogP contribution in [0.5, 0.6) is 0 Å². The molecule has 0 saturated heterocycles. The number of alkyl halides is 3. The summed E-state index contributed by atoms with van der Waals surface area (Å²) in [6.45, 7) is 9.91. The second-order valence-corrected chi connectivity index (χ2v) is 12.4. The van der Waals surface area contributed by atoms with Gasteiger partial charge in [-0.05, 0) is 49.6 Å². The van der Waals surface area contributed by atoms with Gasteiger partial charge in [0.05, 0.1) is 12.0 Å². The number of para-hydroxylation sites is 2. The summed E-state index contributed by atoms with van der Waals surface area (Å²) in [7, 11) is -6.09. The summed E-state index contributed by atoms with van der Waals surface area (Å²) in [5.41, 5.74) is 1.13. The largest absolute Gasteiger partial charge is 0.741 e. The fourth-order valence-electron chi connectivity index (χ4n) is 5.18. The highest BCUT2D eigenvalue weighted by Gasteiger charge is 2.44. The molecule has 2 aromatic carbocycles. The van der Waals surface area contributed by atoms with E-state index >= 15 is 0 Å². The first-order valence-electron chi connectivity index (χ1n) is 12.7. The van der Waals surface area contributed by atoms with Gasteiger partial charge in [-0.2, -0.15) is 17.7 Å². The zero-order valence-electron chi connectivity index (χ0n) is 23.5. The third-order valence-electron chi connectivity index (χ3n) is 7.18. The van der Waals surface area contributed by atoms with Gasteiger partial charge in [0.1, 0.15) is 0 Å². The maximum Gasteiger partial charge on any atom is 0.485 e. The molecule has 4 rings (SSSR count). The molecule has 0 bridgehead atoms. The van der Waals surface area contributed by atoms with E-state index in [-0.39, 0.29) is 10.8 Å². The Morgan fingerprint density at radius 2 is 1.60 bits per heavy atom. The summed E-state index contributed by atoms with van der Waals surface area (Å²) < 4.78 is 61.1. The minimum atomic E-state index is -6.09. The Hall–Kier alpha value is -3.76. The number of hydrogen-bond donors (Lipinski definition) is 0. The Bertz CT molecular complexity index is 1690. The molecule has 10 heteroatoms. The highest BCUT2D eigenvalue weighted by molar-refractivity contribution is 7.86. The number of benzene rings is 2. The van der Waals surface area contributed by atoms with Crippen LogP contribution in [0.2, 0.25) is 0 Å². The molecule has 0 radical (unpaired) electrons. The third-order valence-corrected chi connectivity index (χ3v) is 8.00. The van der Waals surface area contributed by atoms with Gasteiger partial charge in [0.15, 0.2) is 15.8 Å². The van der Waals surface area contributed by atoms with Crippen LogP contribution < -0.4 is 4.90 Å². The molecule has 2 aliphatic heterocycles. The SMILES string of the molecule is C#CCN1C(=CC=C(Cl)C=CC2=[N+](CC#C)c3ccccc3C2(C)C)C(C)(C)c2ccccc21.O=S(=O)([O-])C(F)(F)F. The van der Waals surface area contributed by atoms with Crippen LogP contribution in [-0.4, -0.2) is 41.9 Å². The van der Waals surface area contributed by atoms with Crippen LogP contribution in [0, 0.1) is 24.7 Å². The molecule has 220 valence electrons. The molecular weight excluding hydrogens is 585 g/mol. The van der Waals surface area contributed by atoms with E-state index in [1.807, 2.05) is 24.3 Å². The van der Waals surface area contributed by atoms with Gasteiger partial charge in [0.2, 0.25) is 12.2 Å². The Kier molecular flexibility index (Phi) is 9.54. The molecule has 0 atom stereocenters. The zero-order valence-corrected chi connectivity index (χ0v) is 25.1. The second kappa shape index (κ2) is 12.2. The minimum Gasteiger partial charge on any atom is -0.741 e. The van der Waals surface area contributed by atoms with Crippen LogP contribution in [0.25, 0.3) is 0 Å². The molecule has 5 nitrogen and oxygen atoms in total. The molecule has 0 N–H and O–H groups in total. The summed E-state index contributed by atoms with van der Waals surface area (Å²) >= 11 is 6.69. The Labute approximate surface area is 250 Å². The maximum atomic E-state index is 10.7. The van der Waals surface area contributed by atoms with Crippen molar-refractivity contribution in [2.45, 2.75) is 44.0 Å². The number of nitrogens with zero attached hydrogens (tertiary/aromatic N) is 2. The molecule has 0 aliphatic carbocycles. The van der Waals surface area contributed by atoms with Crippen molar-refractivity contribution in [3.63, 3.8) is 0 Å².